The van der Waals surface area contributed by atoms with E-state index in [1.165, 1.54) is 12.1 Å². The molecule has 1 aromatic rings. The average Bonchev–Trinajstić information content (AvgIpc) is 2.47. The van der Waals surface area contributed by atoms with E-state index < -0.39 is 10.0 Å². The van der Waals surface area contributed by atoms with Crippen LogP contribution in [0.15, 0.2) is 23.1 Å². The summed E-state index contributed by atoms with van der Waals surface area (Å²) < 4.78 is 32.3. The second kappa shape index (κ2) is 9.02. The number of hydrogen-bond acceptors (Lipinski definition) is 4. The fraction of sp³-hybridized carbons (Fsp3) is 0.600. The number of nitrogens with one attached hydrogen (secondary N) is 1. The zero-order chi connectivity index (χ0) is 15.7. The molecule has 0 aliphatic carbocycles. The maximum Gasteiger partial charge on any atom is 0.240 e. The van der Waals surface area contributed by atoms with Crippen LogP contribution in [0.2, 0.25) is 0 Å². The van der Waals surface area contributed by atoms with E-state index in [1.807, 2.05) is 6.92 Å². The predicted octanol–water partition coefficient (Wildman–Crippen LogP) is 2.44. The summed E-state index contributed by atoms with van der Waals surface area (Å²) in [4.78, 5) is 0.158. The van der Waals surface area contributed by atoms with Crippen LogP contribution in [0.3, 0.4) is 0 Å². The van der Waals surface area contributed by atoms with Gasteiger partial charge in [-0.3, -0.25) is 0 Å². The van der Waals surface area contributed by atoms with Gasteiger partial charge in [-0.1, -0.05) is 26.2 Å². The summed E-state index contributed by atoms with van der Waals surface area (Å²) in [5, 5.41) is 9.31. The van der Waals surface area contributed by atoms with Crippen LogP contribution in [0.25, 0.3) is 0 Å². The molecule has 1 rings (SSSR count). The maximum atomic E-state index is 12.2. The van der Waals surface area contributed by atoms with Crippen molar-refractivity contribution in [1.82, 2.24) is 4.72 Å². The lowest BCUT2D eigenvalue weighted by Gasteiger charge is -2.11. The lowest BCUT2D eigenvalue weighted by Crippen LogP contribution is -2.25. The molecule has 0 saturated heterocycles. The standard InChI is InChI=1S/C15H25NO4S/c1-3-5-6-7-10-16-21(18,19)14-8-9-15(20-4-2)13(11-14)12-17/h8-9,11,16-17H,3-7,10,12H2,1-2H3. The molecule has 1 aromatic carbocycles. The first-order valence-electron chi connectivity index (χ1n) is 7.41. The zero-order valence-electron chi connectivity index (χ0n) is 12.8. The molecule has 5 nitrogen and oxygen atoms in total. The molecule has 0 saturated carbocycles. The van der Waals surface area contributed by atoms with Gasteiger partial charge in [0.2, 0.25) is 10.0 Å². The highest BCUT2D eigenvalue weighted by Crippen LogP contribution is 2.22. The van der Waals surface area contributed by atoms with E-state index in [-0.39, 0.29) is 11.5 Å². The summed E-state index contributed by atoms with van der Waals surface area (Å²) in [6.07, 6.45) is 4.08. The maximum absolute atomic E-state index is 12.2. The van der Waals surface area contributed by atoms with Crippen molar-refractivity contribution in [2.24, 2.45) is 0 Å². The van der Waals surface area contributed by atoms with Crippen LogP contribution in [0.5, 0.6) is 5.75 Å². The molecule has 0 spiro atoms. The van der Waals surface area contributed by atoms with Crippen molar-refractivity contribution in [3.8, 4) is 5.75 Å². The van der Waals surface area contributed by atoms with Crippen LogP contribution in [-0.2, 0) is 16.6 Å². The van der Waals surface area contributed by atoms with Crippen LogP contribution in [0, 0.1) is 0 Å². The number of hydrogen-bond donors (Lipinski definition) is 2. The molecule has 0 radical (unpaired) electrons. The molecule has 0 heterocycles. The fourth-order valence-electron chi connectivity index (χ4n) is 1.98. The molecule has 0 aromatic heterocycles. The van der Waals surface area contributed by atoms with Crippen molar-refractivity contribution in [2.75, 3.05) is 13.2 Å². The Balaban J connectivity index is 2.74. The Kier molecular flexibility index (Phi) is 7.71. The molecule has 0 amide bonds. The first-order chi connectivity index (χ1) is 10.0. The van der Waals surface area contributed by atoms with Gasteiger partial charge in [-0.15, -0.1) is 0 Å². The lowest BCUT2D eigenvalue weighted by molar-refractivity contribution is 0.266. The highest BCUT2D eigenvalue weighted by molar-refractivity contribution is 7.89. The molecule has 0 unspecified atom stereocenters. The van der Waals surface area contributed by atoms with Gasteiger partial charge in [0, 0.05) is 12.1 Å². The van der Waals surface area contributed by atoms with Crippen molar-refractivity contribution in [3.05, 3.63) is 23.8 Å². The van der Waals surface area contributed by atoms with E-state index in [1.54, 1.807) is 6.07 Å². The van der Waals surface area contributed by atoms with E-state index in [9.17, 15) is 13.5 Å². The van der Waals surface area contributed by atoms with Crippen molar-refractivity contribution in [3.63, 3.8) is 0 Å². The molecule has 0 aliphatic heterocycles. The van der Waals surface area contributed by atoms with Gasteiger partial charge in [0.15, 0.2) is 0 Å². The van der Waals surface area contributed by atoms with Crippen LogP contribution >= 0.6 is 0 Å². The molecule has 6 heteroatoms. The van der Waals surface area contributed by atoms with Crippen molar-refractivity contribution >= 4 is 10.0 Å². The topological polar surface area (TPSA) is 75.6 Å². The molecular weight excluding hydrogens is 290 g/mol. The monoisotopic (exact) mass is 315 g/mol. The van der Waals surface area contributed by atoms with Gasteiger partial charge in [0.1, 0.15) is 5.75 Å². The van der Waals surface area contributed by atoms with Crippen LogP contribution in [0.1, 0.15) is 45.1 Å². The van der Waals surface area contributed by atoms with Crippen LogP contribution in [-0.4, -0.2) is 26.7 Å². The van der Waals surface area contributed by atoms with Gasteiger partial charge in [-0.25, -0.2) is 13.1 Å². The number of rotatable bonds is 10. The summed E-state index contributed by atoms with van der Waals surface area (Å²) in [7, 11) is -3.53. The summed E-state index contributed by atoms with van der Waals surface area (Å²) >= 11 is 0. The molecule has 0 atom stereocenters. The summed E-state index contributed by atoms with van der Waals surface area (Å²) in [5.74, 6) is 0.516. The zero-order valence-corrected chi connectivity index (χ0v) is 13.6. The minimum absolute atomic E-state index is 0.158. The van der Waals surface area contributed by atoms with Gasteiger partial charge < -0.3 is 9.84 Å². The molecule has 0 aliphatic rings. The first kappa shape index (κ1) is 17.9. The third-order valence-electron chi connectivity index (χ3n) is 3.13. The Morgan fingerprint density at radius 1 is 1.19 bits per heavy atom. The Hall–Kier alpha value is -1.11. The molecule has 0 fully saturated rings. The lowest BCUT2D eigenvalue weighted by atomic mass is 10.2. The average molecular weight is 315 g/mol. The SMILES string of the molecule is CCCCCCNS(=O)(=O)c1ccc(OCC)c(CO)c1. The largest absolute Gasteiger partial charge is 0.494 e. The molecule has 21 heavy (non-hydrogen) atoms. The molecule has 2 N–H and O–H groups in total. The van der Waals surface area contributed by atoms with E-state index >= 15 is 0 Å². The quantitative estimate of drug-likeness (QED) is 0.650. The predicted molar refractivity (Wildman–Crippen MR) is 82.9 cm³/mol. The Labute approximate surface area is 127 Å². The highest BCUT2D eigenvalue weighted by atomic mass is 32.2. The summed E-state index contributed by atoms with van der Waals surface area (Å²) in [5.41, 5.74) is 0.478. The summed E-state index contributed by atoms with van der Waals surface area (Å²) in [6.45, 7) is 4.60. The number of aliphatic hydroxyl groups is 1. The molecular formula is C15H25NO4S. The smallest absolute Gasteiger partial charge is 0.240 e. The second-order valence-electron chi connectivity index (χ2n) is 4.82. The Morgan fingerprint density at radius 2 is 1.95 bits per heavy atom. The minimum Gasteiger partial charge on any atom is -0.494 e. The minimum atomic E-state index is -3.53. The van der Waals surface area contributed by atoms with Gasteiger partial charge in [0.05, 0.1) is 18.1 Å². The molecule has 0 bridgehead atoms. The van der Waals surface area contributed by atoms with Gasteiger partial charge >= 0.3 is 0 Å². The van der Waals surface area contributed by atoms with Gasteiger partial charge in [-0.2, -0.15) is 0 Å². The van der Waals surface area contributed by atoms with Crippen molar-refractivity contribution in [1.29, 1.82) is 0 Å². The van der Waals surface area contributed by atoms with E-state index in [0.717, 1.165) is 25.7 Å². The number of benzene rings is 1. The van der Waals surface area contributed by atoms with E-state index in [4.69, 9.17) is 4.74 Å². The summed E-state index contributed by atoms with van der Waals surface area (Å²) in [6, 6.07) is 4.54. The van der Waals surface area contributed by atoms with Crippen LogP contribution in [0.4, 0.5) is 0 Å². The van der Waals surface area contributed by atoms with Crippen LogP contribution < -0.4 is 9.46 Å². The normalized spacial score (nSPS) is 11.6. The molecule has 120 valence electrons. The third-order valence-corrected chi connectivity index (χ3v) is 4.59. The van der Waals surface area contributed by atoms with Crippen molar-refractivity contribution < 1.29 is 18.3 Å². The Morgan fingerprint density at radius 3 is 2.57 bits per heavy atom. The van der Waals surface area contributed by atoms with Gasteiger partial charge in [-0.05, 0) is 31.5 Å². The van der Waals surface area contributed by atoms with Gasteiger partial charge in [0.25, 0.3) is 0 Å². The van der Waals surface area contributed by atoms with Crippen molar-refractivity contribution in [2.45, 2.75) is 51.0 Å². The third kappa shape index (κ3) is 5.65. The second-order valence-corrected chi connectivity index (χ2v) is 6.59. The van der Waals surface area contributed by atoms with E-state index in [0.29, 0.717) is 24.5 Å². The van der Waals surface area contributed by atoms with E-state index in [2.05, 4.69) is 11.6 Å². The number of ether oxygens (including phenoxy) is 1. The highest BCUT2D eigenvalue weighted by Gasteiger charge is 2.15. The number of sulfonamides is 1. The number of aliphatic hydroxyl groups excluding tert-OH is 1. The fourth-order valence-corrected chi connectivity index (χ4v) is 3.11. The first-order valence-corrected chi connectivity index (χ1v) is 8.89. The number of unbranched alkanes of at least 4 members (excludes halogenated alkanes) is 3. The Bertz CT molecular complexity index is 528.